The number of fused-ring (bicyclic) bond motifs is 9. The van der Waals surface area contributed by atoms with Gasteiger partial charge in [-0.3, -0.25) is 0 Å². The van der Waals surface area contributed by atoms with E-state index in [1.807, 2.05) is 11.3 Å². The van der Waals surface area contributed by atoms with E-state index in [0.29, 0.717) is 0 Å². The van der Waals surface area contributed by atoms with Gasteiger partial charge in [0, 0.05) is 42.0 Å². The maximum atomic E-state index is 2.56. The molecule has 230 valence electrons. The van der Waals surface area contributed by atoms with Gasteiger partial charge < -0.3 is 4.57 Å². The van der Waals surface area contributed by atoms with Crippen molar-refractivity contribution in [1.82, 2.24) is 4.57 Å². The first-order chi connectivity index (χ1) is 23.8. The zero-order valence-corrected chi connectivity index (χ0v) is 27.6. The minimum Gasteiger partial charge on any atom is -0.309 e. The van der Waals surface area contributed by atoms with Crippen LogP contribution in [0.1, 0.15) is 43.2 Å². The molecule has 0 saturated heterocycles. The maximum absolute atomic E-state index is 2.56. The molecule has 4 bridgehead atoms. The Labute approximate surface area is 284 Å². The van der Waals surface area contributed by atoms with Gasteiger partial charge in [-0.15, -0.1) is 11.3 Å². The number of thiophene rings is 1. The Balaban J connectivity index is 1.09. The first kappa shape index (κ1) is 26.3. The molecule has 0 amide bonds. The van der Waals surface area contributed by atoms with Crippen molar-refractivity contribution in [2.24, 2.45) is 23.7 Å². The van der Waals surface area contributed by atoms with Crippen molar-refractivity contribution in [2.45, 2.75) is 37.5 Å². The molecule has 2 heteroatoms. The monoisotopic (exact) mass is 633 g/mol. The third kappa shape index (κ3) is 3.23. The highest BCUT2D eigenvalue weighted by atomic mass is 32.1. The Bertz CT molecular complexity index is 2620. The highest BCUT2D eigenvalue weighted by molar-refractivity contribution is 7.25. The van der Waals surface area contributed by atoms with Crippen molar-refractivity contribution in [2.75, 3.05) is 0 Å². The van der Waals surface area contributed by atoms with Crippen LogP contribution in [0.5, 0.6) is 0 Å². The molecule has 0 N–H and O–H groups in total. The quantitative estimate of drug-likeness (QED) is 0.178. The van der Waals surface area contributed by atoms with Gasteiger partial charge in [0.2, 0.25) is 0 Å². The zero-order chi connectivity index (χ0) is 31.1. The molecule has 0 unspecified atom stereocenters. The summed E-state index contributed by atoms with van der Waals surface area (Å²) in [6.45, 7) is 0. The third-order valence-corrected chi connectivity index (χ3v) is 14.3. The van der Waals surface area contributed by atoms with Crippen LogP contribution in [0.25, 0.3) is 69.9 Å². The Hall–Kier alpha value is -4.66. The Morgan fingerprint density at radius 2 is 1.19 bits per heavy atom. The average Bonchev–Trinajstić information content (AvgIpc) is 3.76. The SMILES string of the molecule is c1ccc2c(c1)-c1cc(-n3c4ccccc4c4c(-c5ccc6sc7ccccc7c6c5)cccc43)ccc1C21C2CC3CC(C2)CC1C3. The normalized spacial score (nSPS) is 25.2. The van der Waals surface area contributed by atoms with Crippen LogP contribution in [0.15, 0.2) is 127 Å². The van der Waals surface area contributed by atoms with Crippen LogP contribution in [-0.4, -0.2) is 4.57 Å². The lowest BCUT2D eigenvalue weighted by Crippen LogP contribution is -2.55. The van der Waals surface area contributed by atoms with E-state index in [-0.39, 0.29) is 5.41 Å². The number of hydrogen-bond acceptors (Lipinski definition) is 1. The van der Waals surface area contributed by atoms with Crippen LogP contribution >= 0.6 is 11.3 Å². The molecule has 5 aliphatic carbocycles. The predicted molar refractivity (Wildman–Crippen MR) is 202 cm³/mol. The van der Waals surface area contributed by atoms with Crippen molar-refractivity contribution >= 4 is 53.3 Å². The molecule has 0 atom stereocenters. The molecule has 4 saturated carbocycles. The van der Waals surface area contributed by atoms with Crippen molar-refractivity contribution in [3.8, 4) is 27.9 Å². The van der Waals surface area contributed by atoms with Crippen LogP contribution in [0.4, 0.5) is 0 Å². The van der Waals surface area contributed by atoms with Crippen LogP contribution in [0.3, 0.4) is 0 Å². The second-order valence-electron chi connectivity index (χ2n) is 15.3. The van der Waals surface area contributed by atoms with Gasteiger partial charge in [0.05, 0.1) is 11.0 Å². The van der Waals surface area contributed by atoms with Crippen LogP contribution in [-0.2, 0) is 5.41 Å². The minimum atomic E-state index is 0.205. The molecule has 2 aromatic heterocycles. The van der Waals surface area contributed by atoms with Gasteiger partial charge in [0.15, 0.2) is 0 Å². The number of benzene rings is 6. The standard InChI is InChI=1S/C46H35NS/c1-4-12-39-34(8-1)37-26-32(17-18-40(37)46(39)30-21-27-20-28(23-30)24-31(46)22-27)47-41-13-5-2-10-36(41)45-33(11-7-14-42(45)47)29-16-19-44-38(25-29)35-9-3-6-15-43(35)48-44/h1-19,25-28,30-31H,20-24H2. The molecule has 2 heterocycles. The lowest BCUT2D eigenvalue weighted by atomic mass is 9.43. The van der Waals surface area contributed by atoms with Gasteiger partial charge in [0.25, 0.3) is 0 Å². The summed E-state index contributed by atoms with van der Waals surface area (Å²) in [4.78, 5) is 0. The van der Waals surface area contributed by atoms with E-state index < -0.39 is 0 Å². The second kappa shape index (κ2) is 9.27. The van der Waals surface area contributed by atoms with Gasteiger partial charge in [0.1, 0.15) is 0 Å². The molecule has 13 rings (SSSR count). The van der Waals surface area contributed by atoms with Crippen molar-refractivity contribution in [3.05, 3.63) is 139 Å². The summed E-state index contributed by atoms with van der Waals surface area (Å²) < 4.78 is 5.25. The Kier molecular flexibility index (Phi) is 5.08. The van der Waals surface area contributed by atoms with Crippen LogP contribution in [0.2, 0.25) is 0 Å². The highest BCUT2D eigenvalue weighted by Crippen LogP contribution is 2.69. The third-order valence-electron chi connectivity index (χ3n) is 13.2. The summed E-state index contributed by atoms with van der Waals surface area (Å²) in [5.74, 6) is 3.49. The molecular formula is C46H35NS. The number of rotatable bonds is 2. The topological polar surface area (TPSA) is 4.93 Å². The molecule has 1 nitrogen and oxygen atoms in total. The molecule has 0 radical (unpaired) electrons. The average molecular weight is 634 g/mol. The smallest absolute Gasteiger partial charge is 0.0547 e. The Morgan fingerprint density at radius 3 is 2.06 bits per heavy atom. The lowest BCUT2D eigenvalue weighted by Gasteiger charge is -2.61. The summed E-state index contributed by atoms with van der Waals surface area (Å²) in [6, 6.07) is 48.9. The Morgan fingerprint density at radius 1 is 0.500 bits per heavy atom. The van der Waals surface area contributed by atoms with E-state index in [9.17, 15) is 0 Å². The molecular weight excluding hydrogens is 599 g/mol. The largest absolute Gasteiger partial charge is 0.309 e. The molecule has 6 aromatic carbocycles. The number of hydrogen-bond donors (Lipinski definition) is 0. The highest BCUT2D eigenvalue weighted by Gasteiger charge is 2.61. The maximum Gasteiger partial charge on any atom is 0.0547 e. The predicted octanol–water partition coefficient (Wildman–Crippen LogP) is 12.5. The molecule has 8 aromatic rings. The van der Waals surface area contributed by atoms with Crippen LogP contribution < -0.4 is 0 Å². The van der Waals surface area contributed by atoms with Crippen LogP contribution in [0, 0.1) is 23.7 Å². The summed E-state index contributed by atoms with van der Waals surface area (Å²) in [6.07, 6.45) is 7.18. The van der Waals surface area contributed by atoms with E-state index in [1.54, 1.807) is 11.1 Å². The van der Waals surface area contributed by atoms with E-state index in [2.05, 4.69) is 132 Å². The van der Waals surface area contributed by atoms with Crippen molar-refractivity contribution in [3.63, 3.8) is 0 Å². The second-order valence-corrected chi connectivity index (χ2v) is 16.4. The summed E-state index contributed by atoms with van der Waals surface area (Å²) >= 11 is 1.89. The number of nitrogens with zero attached hydrogens (tertiary/aromatic N) is 1. The van der Waals surface area contributed by atoms with E-state index in [1.165, 1.54) is 102 Å². The van der Waals surface area contributed by atoms with E-state index in [4.69, 9.17) is 0 Å². The molecule has 5 aliphatic rings. The number of para-hydroxylation sites is 1. The first-order valence-electron chi connectivity index (χ1n) is 17.9. The molecule has 0 aliphatic heterocycles. The zero-order valence-electron chi connectivity index (χ0n) is 26.8. The van der Waals surface area contributed by atoms with Gasteiger partial charge in [-0.2, -0.15) is 0 Å². The minimum absolute atomic E-state index is 0.205. The van der Waals surface area contributed by atoms with Gasteiger partial charge >= 0.3 is 0 Å². The van der Waals surface area contributed by atoms with E-state index in [0.717, 1.165) is 23.7 Å². The fourth-order valence-electron chi connectivity index (χ4n) is 11.7. The summed E-state index contributed by atoms with van der Waals surface area (Å²) in [7, 11) is 0. The van der Waals surface area contributed by atoms with Crippen molar-refractivity contribution in [1.29, 1.82) is 0 Å². The van der Waals surface area contributed by atoms with E-state index >= 15 is 0 Å². The summed E-state index contributed by atoms with van der Waals surface area (Å²) in [5, 5.41) is 5.36. The lowest BCUT2D eigenvalue weighted by molar-refractivity contribution is -0.0399. The van der Waals surface area contributed by atoms with Gasteiger partial charge in [-0.05, 0) is 132 Å². The van der Waals surface area contributed by atoms with Crippen molar-refractivity contribution < 1.29 is 0 Å². The fraction of sp³-hybridized carbons (Fsp3) is 0.217. The summed E-state index contributed by atoms with van der Waals surface area (Å²) in [5.41, 5.74) is 12.8. The molecule has 4 fully saturated rings. The molecule has 48 heavy (non-hydrogen) atoms. The molecule has 1 spiro atoms. The number of aromatic nitrogens is 1. The van der Waals surface area contributed by atoms with Gasteiger partial charge in [-0.1, -0.05) is 84.9 Å². The fourth-order valence-corrected chi connectivity index (χ4v) is 12.8. The first-order valence-corrected chi connectivity index (χ1v) is 18.8. The van der Waals surface area contributed by atoms with Gasteiger partial charge in [-0.25, -0.2) is 0 Å².